The van der Waals surface area contributed by atoms with Crippen LogP contribution < -0.4 is 0 Å². The van der Waals surface area contributed by atoms with Crippen molar-refractivity contribution in [2.45, 2.75) is 30.7 Å². The fraction of sp³-hybridized carbons (Fsp3) is 0.800. The van der Waals surface area contributed by atoms with Gasteiger partial charge in [0.2, 0.25) is 0 Å². The Morgan fingerprint density at radius 3 is 2.56 bits per heavy atom. The van der Waals surface area contributed by atoms with Gasteiger partial charge in [-0.2, -0.15) is 0 Å². The summed E-state index contributed by atoms with van der Waals surface area (Å²) in [5.74, 6) is 0. The Morgan fingerprint density at radius 2 is 2.06 bits per heavy atom. The molecular weight excluding hydrogens is 216 g/mol. The monoisotopic (exact) mass is 234 g/mol. The first kappa shape index (κ1) is 13.6. The number of hydrogen-bond acceptors (Lipinski definition) is 6. The van der Waals surface area contributed by atoms with Gasteiger partial charge in [0.15, 0.2) is 6.29 Å². The molecule has 6 nitrogen and oxygen atoms in total. The maximum atomic E-state index is 9.79. The highest BCUT2D eigenvalue weighted by Gasteiger charge is 2.44. The van der Waals surface area contributed by atoms with Crippen LogP contribution in [-0.2, 0) is 14.2 Å². The fourth-order valence-corrected chi connectivity index (χ4v) is 1.63. The summed E-state index contributed by atoms with van der Waals surface area (Å²) in [6.45, 7) is 3.30. The van der Waals surface area contributed by atoms with Crippen molar-refractivity contribution < 1.29 is 29.5 Å². The molecule has 0 aliphatic carbocycles. The van der Waals surface area contributed by atoms with Crippen molar-refractivity contribution in [2.24, 2.45) is 0 Å². The molecule has 0 radical (unpaired) electrons. The molecule has 0 unspecified atom stereocenters. The Hall–Kier alpha value is -0.500. The second-order valence-electron chi connectivity index (χ2n) is 3.53. The summed E-state index contributed by atoms with van der Waals surface area (Å²) in [7, 11) is 1.36. The number of rotatable bonds is 5. The predicted molar refractivity (Wildman–Crippen MR) is 54.7 cm³/mol. The Balaban J connectivity index is 2.68. The molecule has 94 valence electrons. The molecule has 3 N–H and O–H groups in total. The molecule has 0 aromatic carbocycles. The van der Waals surface area contributed by atoms with E-state index in [4.69, 9.17) is 19.3 Å². The van der Waals surface area contributed by atoms with E-state index in [1.165, 1.54) is 13.2 Å². The van der Waals surface area contributed by atoms with E-state index in [0.29, 0.717) is 0 Å². The van der Waals surface area contributed by atoms with E-state index in [9.17, 15) is 10.2 Å². The maximum absolute atomic E-state index is 9.79. The van der Waals surface area contributed by atoms with E-state index in [2.05, 4.69) is 6.58 Å². The van der Waals surface area contributed by atoms with Crippen LogP contribution in [0.3, 0.4) is 0 Å². The molecule has 1 saturated heterocycles. The molecule has 6 heteroatoms. The van der Waals surface area contributed by atoms with E-state index in [0.717, 1.165) is 0 Å². The minimum Gasteiger partial charge on any atom is -0.394 e. The Labute approximate surface area is 94.1 Å². The van der Waals surface area contributed by atoms with Crippen LogP contribution in [0, 0.1) is 0 Å². The molecule has 0 spiro atoms. The summed E-state index contributed by atoms with van der Waals surface area (Å²) in [5, 5.41) is 28.5. The average Bonchev–Trinajstić information content (AvgIpc) is 2.29. The standard InChI is InChI=1S/C10H18O6/c1-3-4-15-10-8(13)9(14-2)7(12)6(5-11)16-10/h3,6-13H,1,4-5H2,2H3/t6-,7-,8-,9+,10+/m1/s1. The van der Waals surface area contributed by atoms with Gasteiger partial charge in [0, 0.05) is 7.11 Å². The second-order valence-corrected chi connectivity index (χ2v) is 3.53. The summed E-state index contributed by atoms with van der Waals surface area (Å²) >= 11 is 0. The van der Waals surface area contributed by atoms with Crippen molar-refractivity contribution in [3.8, 4) is 0 Å². The van der Waals surface area contributed by atoms with E-state index < -0.39 is 30.7 Å². The van der Waals surface area contributed by atoms with Crippen molar-refractivity contribution in [3.05, 3.63) is 12.7 Å². The van der Waals surface area contributed by atoms with Crippen LogP contribution in [-0.4, -0.2) is 66.3 Å². The van der Waals surface area contributed by atoms with Gasteiger partial charge in [-0.3, -0.25) is 0 Å². The lowest BCUT2D eigenvalue weighted by Gasteiger charge is -2.41. The molecule has 1 aliphatic heterocycles. The lowest BCUT2D eigenvalue weighted by Crippen LogP contribution is -2.59. The first-order valence-corrected chi connectivity index (χ1v) is 5.03. The third-order valence-corrected chi connectivity index (χ3v) is 2.47. The molecule has 1 rings (SSSR count). The molecule has 0 aromatic rings. The molecular formula is C10H18O6. The quantitative estimate of drug-likeness (QED) is 0.509. The third-order valence-electron chi connectivity index (χ3n) is 2.47. The van der Waals surface area contributed by atoms with Gasteiger partial charge in [-0.15, -0.1) is 6.58 Å². The van der Waals surface area contributed by atoms with Crippen LogP contribution in [0.25, 0.3) is 0 Å². The molecule has 1 aliphatic rings. The molecule has 0 aromatic heterocycles. The SMILES string of the molecule is C=CCO[C@H]1O[C@H](CO)[C@@H](O)[C@H](OC)[C@H]1O. The van der Waals surface area contributed by atoms with Crippen molar-refractivity contribution in [2.75, 3.05) is 20.3 Å². The number of aliphatic hydroxyl groups excluding tert-OH is 3. The number of ether oxygens (including phenoxy) is 3. The molecule has 16 heavy (non-hydrogen) atoms. The summed E-state index contributed by atoms with van der Waals surface area (Å²) in [6.07, 6.45) is -3.31. The fourth-order valence-electron chi connectivity index (χ4n) is 1.63. The van der Waals surface area contributed by atoms with Crippen LogP contribution in [0.2, 0.25) is 0 Å². The van der Waals surface area contributed by atoms with Gasteiger partial charge in [0.1, 0.15) is 24.4 Å². The zero-order valence-electron chi connectivity index (χ0n) is 9.15. The summed E-state index contributed by atoms with van der Waals surface area (Å²) < 4.78 is 15.3. The lowest BCUT2D eigenvalue weighted by atomic mass is 9.99. The van der Waals surface area contributed by atoms with Gasteiger partial charge in [0.05, 0.1) is 13.2 Å². The first-order chi connectivity index (χ1) is 7.65. The van der Waals surface area contributed by atoms with Gasteiger partial charge in [0.25, 0.3) is 0 Å². The predicted octanol–water partition coefficient (Wildman–Crippen LogP) is -1.36. The number of methoxy groups -OCH3 is 1. The maximum Gasteiger partial charge on any atom is 0.187 e. The Kier molecular flexibility index (Phi) is 5.33. The zero-order valence-corrected chi connectivity index (χ0v) is 9.15. The normalized spacial score (nSPS) is 39.6. The van der Waals surface area contributed by atoms with Crippen molar-refractivity contribution in [1.29, 1.82) is 0 Å². The molecule has 1 heterocycles. The van der Waals surface area contributed by atoms with Gasteiger partial charge >= 0.3 is 0 Å². The number of aliphatic hydroxyl groups is 3. The molecule has 0 saturated carbocycles. The molecule has 5 atom stereocenters. The van der Waals surface area contributed by atoms with E-state index in [-0.39, 0.29) is 13.2 Å². The first-order valence-electron chi connectivity index (χ1n) is 5.03. The van der Waals surface area contributed by atoms with Gasteiger partial charge in [-0.1, -0.05) is 6.08 Å². The zero-order chi connectivity index (χ0) is 12.1. The van der Waals surface area contributed by atoms with Gasteiger partial charge in [-0.25, -0.2) is 0 Å². The Bertz CT molecular complexity index is 221. The number of hydrogen-bond donors (Lipinski definition) is 3. The molecule has 1 fully saturated rings. The summed E-state index contributed by atoms with van der Waals surface area (Å²) in [6, 6.07) is 0. The van der Waals surface area contributed by atoms with E-state index in [1.54, 1.807) is 0 Å². The highest BCUT2D eigenvalue weighted by Crippen LogP contribution is 2.23. The van der Waals surface area contributed by atoms with Crippen LogP contribution in [0.1, 0.15) is 0 Å². The highest BCUT2D eigenvalue weighted by molar-refractivity contribution is 4.90. The average molecular weight is 234 g/mol. The van der Waals surface area contributed by atoms with Gasteiger partial charge < -0.3 is 29.5 Å². The largest absolute Gasteiger partial charge is 0.394 e. The second kappa shape index (κ2) is 6.29. The van der Waals surface area contributed by atoms with Gasteiger partial charge in [-0.05, 0) is 0 Å². The minimum atomic E-state index is -1.11. The van der Waals surface area contributed by atoms with E-state index >= 15 is 0 Å². The third kappa shape index (κ3) is 2.79. The van der Waals surface area contributed by atoms with Crippen LogP contribution in [0.15, 0.2) is 12.7 Å². The van der Waals surface area contributed by atoms with Crippen molar-refractivity contribution >= 4 is 0 Å². The highest BCUT2D eigenvalue weighted by atomic mass is 16.7. The topological polar surface area (TPSA) is 88.4 Å². The van der Waals surface area contributed by atoms with E-state index in [1.807, 2.05) is 0 Å². The summed E-state index contributed by atoms with van der Waals surface area (Å²) in [5.41, 5.74) is 0. The molecule has 0 bridgehead atoms. The Morgan fingerprint density at radius 1 is 1.38 bits per heavy atom. The van der Waals surface area contributed by atoms with Crippen LogP contribution in [0.5, 0.6) is 0 Å². The lowest BCUT2D eigenvalue weighted by molar-refractivity contribution is -0.302. The van der Waals surface area contributed by atoms with Crippen LogP contribution in [0.4, 0.5) is 0 Å². The summed E-state index contributed by atoms with van der Waals surface area (Å²) in [4.78, 5) is 0. The van der Waals surface area contributed by atoms with Crippen molar-refractivity contribution in [1.82, 2.24) is 0 Å². The van der Waals surface area contributed by atoms with Crippen LogP contribution >= 0.6 is 0 Å². The smallest absolute Gasteiger partial charge is 0.187 e. The molecule has 0 amide bonds. The van der Waals surface area contributed by atoms with Crippen molar-refractivity contribution in [3.63, 3.8) is 0 Å². The minimum absolute atomic E-state index is 0.201.